The Kier molecular flexibility index (Phi) is 2.97. The van der Waals surface area contributed by atoms with Crippen molar-refractivity contribution in [3.8, 4) is 11.3 Å². The summed E-state index contributed by atoms with van der Waals surface area (Å²) in [7, 11) is 0. The second-order valence-electron chi connectivity index (χ2n) is 3.73. The van der Waals surface area contributed by atoms with Gasteiger partial charge in [-0.25, -0.2) is 15.0 Å². The fourth-order valence-electron chi connectivity index (χ4n) is 1.68. The summed E-state index contributed by atoms with van der Waals surface area (Å²) in [6.45, 7) is 0. The van der Waals surface area contributed by atoms with Gasteiger partial charge in [-0.15, -0.1) is 0 Å². The van der Waals surface area contributed by atoms with Crippen molar-refractivity contribution in [1.82, 2.24) is 15.0 Å². The Morgan fingerprint density at radius 1 is 1.06 bits per heavy atom. The quantitative estimate of drug-likeness (QED) is 0.677. The van der Waals surface area contributed by atoms with Crippen molar-refractivity contribution in [2.75, 3.05) is 0 Å². The van der Waals surface area contributed by atoms with Gasteiger partial charge >= 0.3 is 0 Å². The summed E-state index contributed by atoms with van der Waals surface area (Å²) in [5.41, 5.74) is 2.84. The zero-order chi connectivity index (χ0) is 12.5. The minimum absolute atomic E-state index is 0.383. The van der Waals surface area contributed by atoms with E-state index >= 15 is 0 Å². The molecule has 0 aliphatic carbocycles. The molecule has 18 heavy (non-hydrogen) atoms. The lowest BCUT2D eigenvalue weighted by molar-refractivity contribution is 1.22. The van der Waals surface area contributed by atoms with Gasteiger partial charge in [-0.3, -0.25) is 0 Å². The van der Waals surface area contributed by atoms with E-state index in [4.69, 9.17) is 11.6 Å². The number of pyridine rings is 1. The average Bonchev–Trinajstić information content (AvgIpc) is 2.39. The van der Waals surface area contributed by atoms with Crippen LogP contribution in [0.15, 0.2) is 47.1 Å². The predicted molar refractivity (Wildman–Crippen MR) is 75.5 cm³/mol. The number of aromatic nitrogens is 3. The van der Waals surface area contributed by atoms with Gasteiger partial charge in [-0.05, 0) is 22.0 Å². The molecule has 0 bridgehead atoms. The Hall–Kier alpha value is -1.52. The molecule has 2 aromatic heterocycles. The van der Waals surface area contributed by atoms with Crippen LogP contribution in [-0.2, 0) is 0 Å². The predicted octanol–water partition coefficient (Wildman–Crippen LogP) is 4.11. The normalized spacial score (nSPS) is 10.8. The van der Waals surface area contributed by atoms with E-state index in [1.807, 2.05) is 36.4 Å². The maximum Gasteiger partial charge on any atom is 0.178 e. The minimum atomic E-state index is 0.383. The average molecular weight is 321 g/mol. The number of hydrogen-bond acceptors (Lipinski definition) is 3. The molecule has 2 heterocycles. The first-order valence-corrected chi connectivity index (χ1v) is 6.45. The molecule has 0 amide bonds. The van der Waals surface area contributed by atoms with Gasteiger partial charge in [-0.2, -0.15) is 0 Å². The molecule has 0 fully saturated rings. The maximum atomic E-state index is 6.17. The van der Waals surface area contributed by atoms with Gasteiger partial charge in [0.15, 0.2) is 10.8 Å². The van der Waals surface area contributed by atoms with Gasteiger partial charge in [0.25, 0.3) is 0 Å². The van der Waals surface area contributed by atoms with E-state index in [0.29, 0.717) is 22.0 Å². The fraction of sp³-hybridized carbons (Fsp3) is 0. The molecule has 0 unspecified atom stereocenters. The molecule has 88 valence electrons. The Bertz CT molecular complexity index is 716. The summed E-state index contributed by atoms with van der Waals surface area (Å²) in [5.74, 6) is 0. The molecule has 3 rings (SSSR count). The second kappa shape index (κ2) is 4.63. The van der Waals surface area contributed by atoms with Crippen LogP contribution < -0.4 is 0 Å². The summed E-state index contributed by atoms with van der Waals surface area (Å²) in [5, 5.41) is 0.383. The summed E-state index contributed by atoms with van der Waals surface area (Å²) >= 11 is 9.52. The molecule has 0 aliphatic rings. The maximum absolute atomic E-state index is 6.17. The largest absolute Gasteiger partial charge is 0.234 e. The highest BCUT2D eigenvalue weighted by Crippen LogP contribution is 2.26. The van der Waals surface area contributed by atoms with E-state index in [1.54, 1.807) is 6.20 Å². The topological polar surface area (TPSA) is 38.7 Å². The van der Waals surface area contributed by atoms with Crippen LogP contribution in [0.3, 0.4) is 0 Å². The third kappa shape index (κ3) is 2.09. The minimum Gasteiger partial charge on any atom is -0.234 e. The zero-order valence-electron chi connectivity index (χ0n) is 9.14. The van der Waals surface area contributed by atoms with Crippen LogP contribution >= 0.6 is 27.5 Å². The zero-order valence-corrected chi connectivity index (χ0v) is 11.5. The monoisotopic (exact) mass is 319 g/mol. The third-order valence-electron chi connectivity index (χ3n) is 2.49. The number of halogens is 2. The Morgan fingerprint density at radius 3 is 2.61 bits per heavy atom. The molecular weight excluding hydrogens is 314 g/mol. The molecule has 0 atom stereocenters. The lowest BCUT2D eigenvalue weighted by Crippen LogP contribution is -1.93. The lowest BCUT2D eigenvalue weighted by atomic mass is 10.2. The smallest absolute Gasteiger partial charge is 0.178 e. The molecule has 0 saturated carbocycles. The van der Waals surface area contributed by atoms with Crippen molar-refractivity contribution in [3.05, 3.63) is 52.2 Å². The van der Waals surface area contributed by atoms with Crippen molar-refractivity contribution in [3.63, 3.8) is 0 Å². The number of nitrogens with zero attached hydrogens (tertiary/aromatic N) is 3. The van der Waals surface area contributed by atoms with Crippen LogP contribution in [0.2, 0.25) is 5.15 Å². The first-order chi connectivity index (χ1) is 8.74. The third-order valence-corrected chi connectivity index (χ3v) is 3.19. The van der Waals surface area contributed by atoms with Crippen molar-refractivity contribution >= 4 is 38.7 Å². The van der Waals surface area contributed by atoms with Gasteiger partial charge < -0.3 is 0 Å². The molecule has 0 saturated heterocycles. The first-order valence-electron chi connectivity index (χ1n) is 5.28. The van der Waals surface area contributed by atoms with Crippen molar-refractivity contribution in [1.29, 1.82) is 0 Å². The molecule has 0 radical (unpaired) electrons. The fourth-order valence-corrected chi connectivity index (χ4v) is 2.24. The van der Waals surface area contributed by atoms with Crippen LogP contribution in [0, 0.1) is 0 Å². The second-order valence-corrected chi connectivity index (χ2v) is 5.00. The highest BCUT2D eigenvalue weighted by molar-refractivity contribution is 9.10. The van der Waals surface area contributed by atoms with Crippen LogP contribution in [0.1, 0.15) is 0 Å². The molecule has 5 heteroatoms. The van der Waals surface area contributed by atoms with E-state index < -0.39 is 0 Å². The molecule has 3 nitrogen and oxygen atoms in total. The van der Waals surface area contributed by atoms with Crippen molar-refractivity contribution in [2.24, 2.45) is 0 Å². The van der Waals surface area contributed by atoms with Gasteiger partial charge in [0.05, 0.1) is 0 Å². The number of hydrogen-bond donors (Lipinski definition) is 0. The number of fused-ring (bicyclic) bond motifs is 1. The van der Waals surface area contributed by atoms with Gasteiger partial charge in [-0.1, -0.05) is 41.9 Å². The van der Waals surface area contributed by atoms with Crippen LogP contribution in [-0.4, -0.2) is 15.0 Å². The highest BCUT2D eigenvalue weighted by atomic mass is 79.9. The van der Waals surface area contributed by atoms with Crippen LogP contribution in [0.5, 0.6) is 0 Å². The summed E-state index contributed by atoms with van der Waals surface area (Å²) in [4.78, 5) is 13.0. The summed E-state index contributed by atoms with van der Waals surface area (Å²) in [6.07, 6.45) is 1.69. The standard InChI is InChI=1S/C13H7BrClN3/c14-9-6-10-13(16-7-9)18-11(12(15)17-10)8-4-2-1-3-5-8/h1-7H. The van der Waals surface area contributed by atoms with E-state index in [9.17, 15) is 0 Å². The number of benzene rings is 1. The Morgan fingerprint density at radius 2 is 1.83 bits per heavy atom. The first kappa shape index (κ1) is 11.6. The van der Waals surface area contributed by atoms with Crippen LogP contribution in [0.25, 0.3) is 22.4 Å². The Labute approximate surface area is 117 Å². The molecule has 0 N–H and O–H groups in total. The van der Waals surface area contributed by atoms with E-state index in [2.05, 4.69) is 30.9 Å². The van der Waals surface area contributed by atoms with Gasteiger partial charge in [0.1, 0.15) is 11.2 Å². The van der Waals surface area contributed by atoms with E-state index in [-0.39, 0.29) is 0 Å². The van der Waals surface area contributed by atoms with Gasteiger partial charge in [0, 0.05) is 16.2 Å². The molecule has 0 aliphatic heterocycles. The lowest BCUT2D eigenvalue weighted by Gasteiger charge is -2.04. The Balaban J connectivity index is 2.25. The van der Waals surface area contributed by atoms with Crippen molar-refractivity contribution < 1.29 is 0 Å². The molecule has 0 spiro atoms. The molecular formula is C13H7BrClN3. The van der Waals surface area contributed by atoms with Gasteiger partial charge in [0.2, 0.25) is 0 Å². The SMILES string of the molecule is Clc1nc2cc(Br)cnc2nc1-c1ccccc1. The van der Waals surface area contributed by atoms with Crippen LogP contribution in [0.4, 0.5) is 0 Å². The summed E-state index contributed by atoms with van der Waals surface area (Å²) in [6, 6.07) is 11.6. The number of rotatable bonds is 1. The molecule has 1 aromatic carbocycles. The van der Waals surface area contributed by atoms with E-state index in [0.717, 1.165) is 10.0 Å². The highest BCUT2D eigenvalue weighted by Gasteiger charge is 2.09. The molecule has 3 aromatic rings. The summed E-state index contributed by atoms with van der Waals surface area (Å²) < 4.78 is 0.854. The van der Waals surface area contributed by atoms with Crippen molar-refractivity contribution in [2.45, 2.75) is 0 Å². The van der Waals surface area contributed by atoms with E-state index in [1.165, 1.54) is 0 Å².